The largest absolute Gasteiger partial charge is 0.507 e. The van der Waals surface area contributed by atoms with Crippen LogP contribution >= 0.6 is 11.6 Å². The number of hydrogen-bond donors (Lipinski definition) is 1. The van der Waals surface area contributed by atoms with Crippen LogP contribution in [-0.2, 0) is 4.74 Å². The van der Waals surface area contributed by atoms with E-state index in [-0.39, 0.29) is 5.92 Å². The van der Waals surface area contributed by atoms with Crippen molar-refractivity contribution in [2.24, 2.45) is 5.92 Å². The maximum absolute atomic E-state index is 10.3. The first-order chi connectivity index (χ1) is 5.52. The Labute approximate surface area is 76.7 Å². The number of carbonyl (C=O) groups is 1. The third-order valence-corrected chi connectivity index (χ3v) is 2.76. The van der Waals surface area contributed by atoms with Gasteiger partial charge < -0.3 is 9.84 Å². The maximum Gasteiger partial charge on any atom is 0.507 e. The third-order valence-electron chi connectivity index (χ3n) is 2.37. The highest BCUT2D eigenvalue weighted by Crippen LogP contribution is 2.38. The molecule has 1 atom stereocenters. The third kappa shape index (κ3) is 2.27. The number of hydrogen-bond acceptors (Lipinski definition) is 2. The van der Waals surface area contributed by atoms with E-state index in [1.54, 1.807) is 6.92 Å². The van der Waals surface area contributed by atoms with Crippen molar-refractivity contribution in [1.29, 1.82) is 0 Å². The Morgan fingerprint density at radius 2 is 2.08 bits per heavy atom. The molecule has 0 aromatic carbocycles. The highest BCUT2D eigenvalue weighted by Gasteiger charge is 2.37. The normalized spacial score (nSPS) is 23.5. The predicted octanol–water partition coefficient (Wildman–Crippen LogP) is 2.83. The molecule has 4 heteroatoms. The lowest BCUT2D eigenvalue weighted by Gasteiger charge is -2.26. The maximum atomic E-state index is 10.3. The molecule has 1 N–H and O–H groups in total. The van der Waals surface area contributed by atoms with E-state index >= 15 is 0 Å². The molecular formula is C8H13ClO3. The molecule has 1 rings (SSSR count). The van der Waals surface area contributed by atoms with Gasteiger partial charge in [-0.15, -0.1) is 0 Å². The molecule has 0 aliphatic heterocycles. The van der Waals surface area contributed by atoms with Crippen LogP contribution in [0.1, 0.15) is 32.6 Å². The summed E-state index contributed by atoms with van der Waals surface area (Å²) in [5.41, 5.74) is 0. The van der Waals surface area contributed by atoms with E-state index in [0.717, 1.165) is 25.7 Å². The highest BCUT2D eigenvalue weighted by atomic mass is 35.5. The monoisotopic (exact) mass is 192 g/mol. The molecule has 0 heterocycles. The fourth-order valence-corrected chi connectivity index (χ4v) is 1.98. The van der Waals surface area contributed by atoms with Gasteiger partial charge in [0, 0.05) is 5.92 Å². The number of carboxylic acid groups (broad SMARTS) is 1. The topological polar surface area (TPSA) is 46.5 Å². The number of ether oxygens (including phenoxy) is 1. The Bertz CT molecular complexity index is 173. The van der Waals surface area contributed by atoms with Crippen LogP contribution in [0, 0.1) is 5.92 Å². The minimum Gasteiger partial charge on any atom is -0.450 e. The van der Waals surface area contributed by atoms with Crippen molar-refractivity contribution in [3.05, 3.63) is 0 Å². The van der Waals surface area contributed by atoms with Crippen LogP contribution in [-0.4, -0.2) is 16.3 Å². The number of rotatable bonds is 2. The van der Waals surface area contributed by atoms with Crippen LogP contribution in [0.5, 0.6) is 0 Å². The van der Waals surface area contributed by atoms with E-state index in [2.05, 4.69) is 4.74 Å². The molecule has 3 nitrogen and oxygen atoms in total. The second-order valence-corrected chi connectivity index (χ2v) is 4.09. The van der Waals surface area contributed by atoms with Crippen molar-refractivity contribution in [3.8, 4) is 0 Å². The van der Waals surface area contributed by atoms with Gasteiger partial charge in [0.2, 0.25) is 0 Å². The van der Waals surface area contributed by atoms with E-state index in [9.17, 15) is 4.79 Å². The standard InChI is InChI=1S/C8H13ClO3/c1-8(9,12-7(10)11)6-4-2-3-5-6/h6H,2-5H2,1H3,(H,10,11). The van der Waals surface area contributed by atoms with Crippen molar-refractivity contribution < 1.29 is 14.6 Å². The summed E-state index contributed by atoms with van der Waals surface area (Å²) in [6.07, 6.45) is 2.88. The second-order valence-electron chi connectivity index (χ2n) is 3.34. The van der Waals surface area contributed by atoms with Crippen LogP contribution in [0.25, 0.3) is 0 Å². The van der Waals surface area contributed by atoms with E-state index < -0.39 is 11.2 Å². The first kappa shape index (κ1) is 9.65. The van der Waals surface area contributed by atoms with Crippen LogP contribution in [0.4, 0.5) is 4.79 Å². The average Bonchev–Trinajstić information content (AvgIpc) is 2.32. The molecule has 0 bridgehead atoms. The fourth-order valence-electron chi connectivity index (χ4n) is 1.70. The van der Waals surface area contributed by atoms with E-state index in [0.29, 0.717) is 0 Å². The molecule has 1 saturated carbocycles. The van der Waals surface area contributed by atoms with E-state index in [1.807, 2.05) is 0 Å². The Kier molecular flexibility index (Phi) is 2.83. The van der Waals surface area contributed by atoms with Gasteiger partial charge in [-0.05, 0) is 19.8 Å². The molecule has 1 aliphatic carbocycles. The van der Waals surface area contributed by atoms with Gasteiger partial charge >= 0.3 is 6.16 Å². The lowest BCUT2D eigenvalue weighted by Crippen LogP contribution is -2.32. The fraction of sp³-hybridized carbons (Fsp3) is 0.875. The first-order valence-corrected chi connectivity index (χ1v) is 4.51. The van der Waals surface area contributed by atoms with Crippen LogP contribution in [0.15, 0.2) is 0 Å². The van der Waals surface area contributed by atoms with Crippen molar-refractivity contribution in [2.75, 3.05) is 0 Å². The lowest BCUT2D eigenvalue weighted by molar-refractivity contribution is 0.0100. The molecule has 70 valence electrons. The SMILES string of the molecule is CC(Cl)(OC(=O)O)C1CCCC1. The summed E-state index contributed by atoms with van der Waals surface area (Å²) in [6, 6.07) is 0. The van der Waals surface area contributed by atoms with Crippen molar-refractivity contribution >= 4 is 17.8 Å². The van der Waals surface area contributed by atoms with Crippen LogP contribution in [0.3, 0.4) is 0 Å². The summed E-state index contributed by atoms with van der Waals surface area (Å²) in [4.78, 5) is 10.3. The Hall–Kier alpha value is -0.440. The van der Waals surface area contributed by atoms with Gasteiger partial charge in [0.1, 0.15) is 0 Å². The zero-order valence-corrected chi connectivity index (χ0v) is 7.80. The summed E-state index contributed by atoms with van der Waals surface area (Å²) < 4.78 is 4.60. The average molecular weight is 193 g/mol. The second kappa shape index (κ2) is 3.52. The summed E-state index contributed by atoms with van der Waals surface area (Å²) >= 11 is 5.93. The van der Waals surface area contributed by atoms with Crippen LogP contribution < -0.4 is 0 Å². The molecular weight excluding hydrogens is 180 g/mol. The molecule has 0 spiro atoms. The molecule has 0 amide bonds. The Balaban J connectivity index is 2.50. The van der Waals surface area contributed by atoms with Gasteiger partial charge in [-0.1, -0.05) is 24.4 Å². The highest BCUT2D eigenvalue weighted by molar-refractivity contribution is 6.23. The van der Waals surface area contributed by atoms with Crippen LogP contribution in [0.2, 0.25) is 0 Å². The van der Waals surface area contributed by atoms with Crippen molar-refractivity contribution in [3.63, 3.8) is 0 Å². The number of alkyl halides is 1. The molecule has 0 saturated heterocycles. The Morgan fingerprint density at radius 3 is 2.50 bits per heavy atom. The van der Waals surface area contributed by atoms with Gasteiger partial charge in [-0.3, -0.25) is 0 Å². The predicted molar refractivity (Wildman–Crippen MR) is 45.3 cm³/mol. The van der Waals surface area contributed by atoms with Gasteiger partial charge in [-0.2, -0.15) is 0 Å². The van der Waals surface area contributed by atoms with Gasteiger partial charge in [-0.25, -0.2) is 4.79 Å². The summed E-state index contributed by atoms with van der Waals surface area (Å²) in [5.74, 6) is 0.176. The summed E-state index contributed by atoms with van der Waals surface area (Å²) in [7, 11) is 0. The summed E-state index contributed by atoms with van der Waals surface area (Å²) in [6.45, 7) is 1.62. The van der Waals surface area contributed by atoms with Crippen molar-refractivity contribution in [1.82, 2.24) is 0 Å². The molecule has 1 fully saturated rings. The quantitative estimate of drug-likeness (QED) is 0.541. The molecule has 0 aromatic rings. The minimum absolute atomic E-state index is 0.176. The molecule has 0 aromatic heterocycles. The van der Waals surface area contributed by atoms with Gasteiger partial charge in [0.25, 0.3) is 0 Å². The van der Waals surface area contributed by atoms with Gasteiger partial charge in [0.15, 0.2) is 5.06 Å². The summed E-state index contributed by atoms with van der Waals surface area (Å²) in [5, 5.41) is 7.38. The Morgan fingerprint density at radius 1 is 1.58 bits per heavy atom. The van der Waals surface area contributed by atoms with E-state index in [4.69, 9.17) is 16.7 Å². The molecule has 1 aliphatic rings. The lowest BCUT2D eigenvalue weighted by atomic mass is 10.0. The van der Waals surface area contributed by atoms with E-state index in [1.165, 1.54) is 0 Å². The zero-order chi connectivity index (χ0) is 9.19. The molecule has 12 heavy (non-hydrogen) atoms. The zero-order valence-electron chi connectivity index (χ0n) is 7.05. The minimum atomic E-state index is -1.29. The molecule has 1 unspecified atom stereocenters. The molecule has 0 radical (unpaired) electrons. The van der Waals surface area contributed by atoms with Gasteiger partial charge in [0.05, 0.1) is 0 Å². The smallest absolute Gasteiger partial charge is 0.450 e. The first-order valence-electron chi connectivity index (χ1n) is 4.13. The number of halogens is 1. The van der Waals surface area contributed by atoms with Crippen molar-refractivity contribution in [2.45, 2.75) is 37.7 Å².